The second-order valence-electron chi connectivity index (χ2n) is 6.64. The number of carboxylic acids is 1. The Hall–Kier alpha value is -2.80. The highest BCUT2D eigenvalue weighted by atomic mass is 32.2. The van der Waals surface area contributed by atoms with Gasteiger partial charge in [-0.15, -0.1) is 11.8 Å². The SMILES string of the molecule is CC(C(=O)O)N(C)C(=O)c1ccccc1SCC(=O)N1CCc2ccccc21. The summed E-state index contributed by atoms with van der Waals surface area (Å²) in [6, 6.07) is 13.9. The smallest absolute Gasteiger partial charge is 0.326 e. The van der Waals surface area contributed by atoms with Gasteiger partial charge in [0.2, 0.25) is 5.91 Å². The van der Waals surface area contributed by atoms with Crippen molar-refractivity contribution in [3.8, 4) is 0 Å². The van der Waals surface area contributed by atoms with Crippen LogP contribution in [-0.2, 0) is 16.0 Å². The summed E-state index contributed by atoms with van der Waals surface area (Å²) in [5, 5.41) is 9.15. The van der Waals surface area contributed by atoms with Crippen LogP contribution in [0.3, 0.4) is 0 Å². The lowest BCUT2D eigenvalue weighted by Crippen LogP contribution is -2.40. The number of hydrogen-bond donors (Lipinski definition) is 1. The number of benzene rings is 2. The lowest BCUT2D eigenvalue weighted by molar-refractivity contribution is -0.141. The van der Waals surface area contributed by atoms with Gasteiger partial charge in [0.15, 0.2) is 0 Å². The molecule has 0 saturated heterocycles. The highest BCUT2D eigenvalue weighted by molar-refractivity contribution is 8.00. The molecule has 1 unspecified atom stereocenters. The van der Waals surface area contributed by atoms with Gasteiger partial charge in [-0.1, -0.05) is 30.3 Å². The van der Waals surface area contributed by atoms with E-state index in [1.165, 1.54) is 36.2 Å². The van der Waals surface area contributed by atoms with Crippen molar-refractivity contribution < 1.29 is 19.5 Å². The molecule has 1 aliphatic heterocycles. The Labute approximate surface area is 168 Å². The molecule has 0 spiro atoms. The molecule has 2 aromatic rings. The number of nitrogens with zero attached hydrogens (tertiary/aromatic N) is 2. The van der Waals surface area contributed by atoms with Crippen LogP contribution in [0.15, 0.2) is 53.4 Å². The van der Waals surface area contributed by atoms with Crippen molar-refractivity contribution in [2.75, 3.05) is 24.2 Å². The molecule has 1 aliphatic rings. The number of carbonyl (C=O) groups is 3. The summed E-state index contributed by atoms with van der Waals surface area (Å²) >= 11 is 1.30. The van der Waals surface area contributed by atoms with Crippen molar-refractivity contribution in [2.24, 2.45) is 0 Å². The average Bonchev–Trinajstić information content (AvgIpc) is 3.14. The first-order chi connectivity index (χ1) is 13.4. The van der Waals surface area contributed by atoms with E-state index in [0.717, 1.165) is 12.1 Å². The molecule has 2 aromatic carbocycles. The Morgan fingerprint density at radius 1 is 1.14 bits per heavy atom. The maximum absolute atomic E-state index is 12.7. The predicted octanol–water partition coefficient (Wildman–Crippen LogP) is 2.91. The van der Waals surface area contributed by atoms with Gasteiger partial charge in [0.25, 0.3) is 5.91 Å². The minimum absolute atomic E-state index is 0.00976. The highest BCUT2D eigenvalue weighted by Gasteiger charge is 2.26. The van der Waals surface area contributed by atoms with E-state index in [2.05, 4.69) is 0 Å². The van der Waals surface area contributed by atoms with Gasteiger partial charge in [-0.3, -0.25) is 9.59 Å². The largest absolute Gasteiger partial charge is 0.480 e. The van der Waals surface area contributed by atoms with E-state index in [1.807, 2.05) is 24.3 Å². The number of fused-ring (bicyclic) bond motifs is 1. The van der Waals surface area contributed by atoms with Gasteiger partial charge in [-0.2, -0.15) is 0 Å². The van der Waals surface area contributed by atoms with Crippen LogP contribution < -0.4 is 4.90 Å². The number of likely N-dealkylation sites (N-methyl/N-ethyl adjacent to an activating group) is 1. The molecule has 28 heavy (non-hydrogen) atoms. The molecule has 7 heteroatoms. The van der Waals surface area contributed by atoms with Crippen molar-refractivity contribution in [3.05, 3.63) is 59.7 Å². The monoisotopic (exact) mass is 398 g/mol. The highest BCUT2D eigenvalue weighted by Crippen LogP contribution is 2.30. The fraction of sp³-hybridized carbons (Fsp3) is 0.286. The summed E-state index contributed by atoms with van der Waals surface area (Å²) in [4.78, 5) is 40.3. The third kappa shape index (κ3) is 4.04. The van der Waals surface area contributed by atoms with E-state index < -0.39 is 12.0 Å². The molecular weight excluding hydrogens is 376 g/mol. The predicted molar refractivity (Wildman–Crippen MR) is 109 cm³/mol. The van der Waals surface area contributed by atoms with Crippen molar-refractivity contribution >= 4 is 35.2 Å². The quantitative estimate of drug-likeness (QED) is 0.757. The number of thioether (sulfide) groups is 1. The molecule has 0 aromatic heterocycles. The Morgan fingerprint density at radius 2 is 1.82 bits per heavy atom. The normalized spacial score (nSPS) is 13.7. The van der Waals surface area contributed by atoms with Crippen molar-refractivity contribution in [2.45, 2.75) is 24.3 Å². The number of para-hydroxylation sites is 1. The zero-order chi connectivity index (χ0) is 20.3. The summed E-state index contributed by atoms with van der Waals surface area (Å²) in [5.41, 5.74) is 2.52. The second-order valence-corrected chi connectivity index (χ2v) is 7.66. The van der Waals surface area contributed by atoms with E-state index in [1.54, 1.807) is 29.2 Å². The molecule has 0 saturated carbocycles. The first-order valence-electron chi connectivity index (χ1n) is 9.00. The standard InChI is InChI=1S/C21H22N2O4S/c1-14(21(26)27)22(2)20(25)16-8-4-6-10-18(16)28-13-19(24)23-12-11-15-7-3-5-9-17(15)23/h3-10,14H,11-13H2,1-2H3,(H,26,27). The van der Waals surface area contributed by atoms with Crippen LogP contribution in [-0.4, -0.2) is 53.2 Å². The Kier molecular flexibility index (Phi) is 6.04. The van der Waals surface area contributed by atoms with Crippen LogP contribution in [0.1, 0.15) is 22.8 Å². The van der Waals surface area contributed by atoms with Crippen LogP contribution in [0.5, 0.6) is 0 Å². The van der Waals surface area contributed by atoms with Gasteiger partial charge in [0, 0.05) is 24.2 Å². The summed E-state index contributed by atoms with van der Waals surface area (Å²) < 4.78 is 0. The van der Waals surface area contributed by atoms with Gasteiger partial charge in [0.1, 0.15) is 6.04 Å². The molecule has 3 rings (SSSR count). The number of hydrogen-bond acceptors (Lipinski definition) is 4. The van der Waals surface area contributed by atoms with Crippen molar-refractivity contribution in [3.63, 3.8) is 0 Å². The number of rotatable bonds is 6. The second kappa shape index (κ2) is 8.48. The molecule has 1 atom stereocenters. The van der Waals surface area contributed by atoms with E-state index in [0.29, 0.717) is 17.0 Å². The van der Waals surface area contributed by atoms with Crippen LogP contribution in [0.4, 0.5) is 5.69 Å². The van der Waals surface area contributed by atoms with Crippen LogP contribution in [0.2, 0.25) is 0 Å². The third-order valence-electron chi connectivity index (χ3n) is 4.92. The number of carbonyl (C=O) groups excluding carboxylic acids is 2. The van der Waals surface area contributed by atoms with Crippen LogP contribution >= 0.6 is 11.8 Å². The van der Waals surface area contributed by atoms with Gasteiger partial charge in [-0.25, -0.2) is 4.79 Å². The molecule has 0 aliphatic carbocycles. The van der Waals surface area contributed by atoms with Crippen molar-refractivity contribution in [1.29, 1.82) is 0 Å². The number of carboxylic acid groups (broad SMARTS) is 1. The number of amides is 2. The zero-order valence-electron chi connectivity index (χ0n) is 15.8. The maximum atomic E-state index is 12.7. The van der Waals surface area contributed by atoms with Gasteiger partial charge < -0.3 is 14.9 Å². The molecule has 0 bridgehead atoms. The van der Waals surface area contributed by atoms with Crippen LogP contribution in [0, 0.1) is 0 Å². The Morgan fingerprint density at radius 3 is 2.57 bits per heavy atom. The minimum Gasteiger partial charge on any atom is -0.480 e. The Balaban J connectivity index is 1.71. The van der Waals surface area contributed by atoms with Gasteiger partial charge in [0.05, 0.1) is 11.3 Å². The fourth-order valence-electron chi connectivity index (χ4n) is 3.12. The van der Waals surface area contributed by atoms with Gasteiger partial charge >= 0.3 is 5.97 Å². The summed E-state index contributed by atoms with van der Waals surface area (Å²) in [5.74, 6) is -1.25. The maximum Gasteiger partial charge on any atom is 0.326 e. The summed E-state index contributed by atoms with van der Waals surface area (Å²) in [6.07, 6.45) is 0.847. The Bertz CT molecular complexity index is 915. The number of aliphatic carboxylic acids is 1. The van der Waals surface area contributed by atoms with E-state index in [4.69, 9.17) is 5.11 Å². The first-order valence-corrected chi connectivity index (χ1v) is 9.98. The molecule has 1 N–H and O–H groups in total. The average molecular weight is 398 g/mol. The fourth-order valence-corrected chi connectivity index (χ4v) is 4.04. The molecule has 0 fully saturated rings. The molecule has 146 valence electrons. The number of anilines is 1. The molecular formula is C21H22N2O4S. The van der Waals surface area contributed by atoms with E-state index >= 15 is 0 Å². The van der Waals surface area contributed by atoms with E-state index in [-0.39, 0.29) is 17.6 Å². The van der Waals surface area contributed by atoms with Crippen LogP contribution in [0.25, 0.3) is 0 Å². The van der Waals surface area contributed by atoms with Crippen molar-refractivity contribution in [1.82, 2.24) is 4.90 Å². The lowest BCUT2D eigenvalue weighted by Gasteiger charge is -2.23. The topological polar surface area (TPSA) is 77.9 Å². The lowest BCUT2D eigenvalue weighted by atomic mass is 10.2. The molecule has 0 radical (unpaired) electrons. The molecule has 6 nitrogen and oxygen atoms in total. The van der Waals surface area contributed by atoms with Gasteiger partial charge in [-0.05, 0) is 37.1 Å². The minimum atomic E-state index is -1.07. The third-order valence-corrected chi connectivity index (χ3v) is 5.97. The van der Waals surface area contributed by atoms with E-state index in [9.17, 15) is 14.4 Å². The summed E-state index contributed by atoms with van der Waals surface area (Å²) in [6.45, 7) is 2.13. The zero-order valence-corrected chi connectivity index (χ0v) is 16.6. The molecule has 2 amide bonds. The summed E-state index contributed by atoms with van der Waals surface area (Å²) in [7, 11) is 1.47. The first kappa shape index (κ1) is 19.9. The molecule has 1 heterocycles.